The Bertz CT molecular complexity index is 562. The molecule has 0 radical (unpaired) electrons. The van der Waals surface area contributed by atoms with E-state index in [9.17, 15) is 0 Å². The summed E-state index contributed by atoms with van der Waals surface area (Å²) < 4.78 is 1.79. The molecule has 0 N–H and O–H groups in total. The second-order valence-corrected chi connectivity index (χ2v) is 5.86. The molecule has 5 nitrogen and oxygen atoms in total. The summed E-state index contributed by atoms with van der Waals surface area (Å²) in [5, 5.41) is 4.78. The van der Waals surface area contributed by atoms with Crippen molar-refractivity contribution in [2.45, 2.75) is 13.3 Å². The van der Waals surface area contributed by atoms with Crippen LogP contribution in [0.4, 0.5) is 5.82 Å². The summed E-state index contributed by atoms with van der Waals surface area (Å²) in [6.07, 6.45) is 2.70. The lowest BCUT2D eigenvalue weighted by Crippen LogP contribution is -2.29. The van der Waals surface area contributed by atoms with Crippen LogP contribution in [0, 0.1) is 6.92 Å². The smallest absolute Gasteiger partial charge is 0.255 e. The molecule has 0 spiro atoms. The van der Waals surface area contributed by atoms with E-state index in [1.165, 1.54) is 18.5 Å². The van der Waals surface area contributed by atoms with Crippen LogP contribution in [0.2, 0.25) is 5.15 Å². The molecule has 1 fully saturated rings. The maximum absolute atomic E-state index is 6.19. The van der Waals surface area contributed by atoms with Gasteiger partial charge in [-0.1, -0.05) is 11.6 Å². The van der Waals surface area contributed by atoms with E-state index in [1.807, 2.05) is 18.7 Å². The average molecular weight is 284 g/mol. The second kappa shape index (κ2) is 4.93. The van der Waals surface area contributed by atoms with Crippen LogP contribution < -0.4 is 4.90 Å². The van der Waals surface area contributed by atoms with Crippen LogP contribution in [0.5, 0.6) is 0 Å². The van der Waals surface area contributed by atoms with Gasteiger partial charge in [-0.3, -0.25) is 0 Å². The summed E-state index contributed by atoms with van der Waals surface area (Å²) in [6.45, 7) is 4.04. The first-order valence-corrected chi connectivity index (χ1v) is 7.49. The van der Waals surface area contributed by atoms with Crippen molar-refractivity contribution < 1.29 is 0 Å². The lowest BCUT2D eigenvalue weighted by atomic mass is 10.3. The summed E-state index contributed by atoms with van der Waals surface area (Å²) in [7, 11) is 0. The van der Waals surface area contributed by atoms with Crippen molar-refractivity contribution in [2.75, 3.05) is 29.5 Å². The van der Waals surface area contributed by atoms with Crippen molar-refractivity contribution in [2.24, 2.45) is 0 Å². The summed E-state index contributed by atoms with van der Waals surface area (Å²) in [5.41, 5.74) is 0.974. The molecule has 0 bridgehead atoms. The SMILES string of the molecule is Cc1c(Cl)nc2ncnn2c1N1CCCSCC1. The highest BCUT2D eigenvalue weighted by atomic mass is 35.5. The third-order valence-electron chi connectivity index (χ3n) is 3.10. The number of fused-ring (bicyclic) bond motifs is 1. The number of thioether (sulfide) groups is 1. The van der Waals surface area contributed by atoms with E-state index in [0.29, 0.717) is 10.9 Å². The minimum Gasteiger partial charge on any atom is -0.355 e. The van der Waals surface area contributed by atoms with E-state index in [0.717, 1.165) is 30.2 Å². The number of anilines is 1. The number of rotatable bonds is 1. The van der Waals surface area contributed by atoms with Gasteiger partial charge in [-0.15, -0.1) is 0 Å². The molecule has 1 saturated heterocycles. The maximum atomic E-state index is 6.19. The Morgan fingerprint density at radius 3 is 3.11 bits per heavy atom. The van der Waals surface area contributed by atoms with E-state index in [2.05, 4.69) is 20.0 Å². The molecule has 1 aliphatic rings. The number of nitrogens with zero attached hydrogens (tertiary/aromatic N) is 5. The molecule has 0 amide bonds. The third kappa shape index (κ3) is 2.03. The van der Waals surface area contributed by atoms with Crippen LogP contribution in [0.1, 0.15) is 12.0 Å². The zero-order valence-electron chi connectivity index (χ0n) is 10.1. The Kier molecular flexibility index (Phi) is 3.30. The standard InChI is InChI=1S/C11H14ClN5S/c1-8-9(12)15-11-13-7-14-17(11)10(8)16-3-2-5-18-6-4-16/h7H,2-6H2,1H3. The Morgan fingerprint density at radius 2 is 2.22 bits per heavy atom. The average Bonchev–Trinajstić information content (AvgIpc) is 2.64. The van der Waals surface area contributed by atoms with Gasteiger partial charge >= 0.3 is 0 Å². The largest absolute Gasteiger partial charge is 0.355 e. The van der Waals surface area contributed by atoms with Gasteiger partial charge in [0.1, 0.15) is 17.3 Å². The van der Waals surface area contributed by atoms with Gasteiger partial charge in [-0.2, -0.15) is 31.3 Å². The molecule has 96 valence electrons. The quantitative estimate of drug-likeness (QED) is 0.750. The fraction of sp³-hybridized carbons (Fsp3) is 0.545. The van der Waals surface area contributed by atoms with Gasteiger partial charge in [0.2, 0.25) is 0 Å². The van der Waals surface area contributed by atoms with Gasteiger partial charge in [0.25, 0.3) is 5.78 Å². The van der Waals surface area contributed by atoms with Crippen LogP contribution >= 0.6 is 23.4 Å². The molecule has 7 heteroatoms. The predicted molar refractivity (Wildman–Crippen MR) is 74.7 cm³/mol. The zero-order chi connectivity index (χ0) is 12.5. The first-order chi connectivity index (χ1) is 8.77. The Hall–Kier alpha value is -1.01. The molecule has 0 unspecified atom stereocenters. The van der Waals surface area contributed by atoms with Crippen molar-refractivity contribution in [3.63, 3.8) is 0 Å². The molecule has 0 aliphatic carbocycles. The first-order valence-electron chi connectivity index (χ1n) is 5.96. The van der Waals surface area contributed by atoms with Crippen molar-refractivity contribution in [3.05, 3.63) is 17.0 Å². The second-order valence-electron chi connectivity index (χ2n) is 4.28. The lowest BCUT2D eigenvalue weighted by Gasteiger charge is -2.24. The molecule has 2 aromatic heterocycles. The van der Waals surface area contributed by atoms with E-state index >= 15 is 0 Å². The van der Waals surface area contributed by atoms with Crippen molar-refractivity contribution in [1.82, 2.24) is 19.6 Å². The fourth-order valence-electron chi connectivity index (χ4n) is 2.21. The number of hydrogen-bond donors (Lipinski definition) is 0. The van der Waals surface area contributed by atoms with Crippen molar-refractivity contribution in [1.29, 1.82) is 0 Å². The summed E-state index contributed by atoms with van der Waals surface area (Å²) in [6, 6.07) is 0. The van der Waals surface area contributed by atoms with Crippen LogP contribution in [-0.2, 0) is 0 Å². The van der Waals surface area contributed by atoms with Gasteiger partial charge in [0, 0.05) is 24.4 Å². The zero-order valence-corrected chi connectivity index (χ0v) is 11.7. The van der Waals surface area contributed by atoms with E-state index < -0.39 is 0 Å². The van der Waals surface area contributed by atoms with Crippen LogP contribution in [0.3, 0.4) is 0 Å². The van der Waals surface area contributed by atoms with E-state index in [-0.39, 0.29) is 0 Å². The van der Waals surface area contributed by atoms with Gasteiger partial charge in [0.15, 0.2) is 0 Å². The Balaban J connectivity index is 2.13. The molecule has 0 saturated carbocycles. The highest BCUT2D eigenvalue weighted by molar-refractivity contribution is 7.99. The molecule has 0 atom stereocenters. The molecular weight excluding hydrogens is 270 g/mol. The minimum atomic E-state index is 0.516. The summed E-state index contributed by atoms with van der Waals surface area (Å²) in [4.78, 5) is 10.7. The minimum absolute atomic E-state index is 0.516. The van der Waals surface area contributed by atoms with Crippen molar-refractivity contribution >= 4 is 35.0 Å². The normalized spacial score (nSPS) is 17.1. The third-order valence-corrected chi connectivity index (χ3v) is 4.51. The van der Waals surface area contributed by atoms with Gasteiger partial charge in [-0.05, 0) is 19.1 Å². The molecule has 2 aromatic rings. The van der Waals surface area contributed by atoms with Crippen molar-refractivity contribution in [3.8, 4) is 0 Å². The molecule has 3 rings (SSSR count). The molecular formula is C11H14ClN5S. The van der Waals surface area contributed by atoms with Crippen LogP contribution in [0.15, 0.2) is 6.33 Å². The highest BCUT2D eigenvalue weighted by Gasteiger charge is 2.19. The number of halogens is 1. The Morgan fingerprint density at radius 1 is 1.33 bits per heavy atom. The van der Waals surface area contributed by atoms with Gasteiger partial charge < -0.3 is 4.90 Å². The summed E-state index contributed by atoms with van der Waals surface area (Å²) in [5.74, 6) is 3.95. The lowest BCUT2D eigenvalue weighted by molar-refractivity contribution is 0.764. The monoisotopic (exact) mass is 283 g/mol. The van der Waals surface area contributed by atoms with E-state index in [1.54, 1.807) is 4.52 Å². The topological polar surface area (TPSA) is 46.3 Å². The first kappa shape index (κ1) is 12.0. The van der Waals surface area contributed by atoms with Crippen LogP contribution in [-0.4, -0.2) is 44.2 Å². The summed E-state index contributed by atoms with van der Waals surface area (Å²) >= 11 is 8.18. The van der Waals surface area contributed by atoms with Gasteiger partial charge in [0.05, 0.1) is 0 Å². The maximum Gasteiger partial charge on any atom is 0.255 e. The molecule has 18 heavy (non-hydrogen) atoms. The Labute approximate surface area is 115 Å². The number of aromatic nitrogens is 4. The number of hydrogen-bond acceptors (Lipinski definition) is 5. The molecule has 0 aromatic carbocycles. The molecule has 1 aliphatic heterocycles. The highest BCUT2D eigenvalue weighted by Crippen LogP contribution is 2.27. The van der Waals surface area contributed by atoms with E-state index in [4.69, 9.17) is 11.6 Å². The predicted octanol–water partition coefficient (Wildman–Crippen LogP) is 2.03. The molecule has 3 heterocycles. The van der Waals surface area contributed by atoms with Gasteiger partial charge in [-0.25, -0.2) is 0 Å². The van der Waals surface area contributed by atoms with Crippen LogP contribution in [0.25, 0.3) is 5.78 Å². The fourth-order valence-corrected chi connectivity index (χ4v) is 3.26.